The van der Waals surface area contributed by atoms with Crippen LogP contribution >= 0.6 is 0 Å². The maximum atomic E-state index is 11.7. The Bertz CT molecular complexity index is 367. The van der Waals surface area contributed by atoms with Crippen LogP contribution in [0, 0.1) is 5.92 Å². The molecule has 0 aliphatic carbocycles. The van der Waals surface area contributed by atoms with Gasteiger partial charge in [0.15, 0.2) is 0 Å². The van der Waals surface area contributed by atoms with E-state index in [1.807, 2.05) is 25.1 Å². The van der Waals surface area contributed by atoms with Gasteiger partial charge in [0.2, 0.25) is 0 Å². The van der Waals surface area contributed by atoms with Crippen molar-refractivity contribution in [3.8, 4) is 0 Å². The molecule has 1 aliphatic heterocycles. The Labute approximate surface area is 102 Å². The van der Waals surface area contributed by atoms with E-state index in [1.54, 1.807) is 6.20 Å². The summed E-state index contributed by atoms with van der Waals surface area (Å²) in [5.74, 6) is 0.861. The number of aromatic nitrogens is 1. The maximum absolute atomic E-state index is 11.7. The van der Waals surface area contributed by atoms with Crippen LogP contribution in [0.2, 0.25) is 0 Å². The van der Waals surface area contributed by atoms with Crippen LogP contribution in [0.15, 0.2) is 24.4 Å². The number of carbonyl (C=O) groups is 1. The van der Waals surface area contributed by atoms with Gasteiger partial charge in [0, 0.05) is 19.3 Å². The molecular weight excluding hydrogens is 216 g/mol. The minimum Gasteiger partial charge on any atom is -0.466 e. The number of hydrogen-bond acceptors (Lipinski definition) is 4. The molecular formula is C13H18N2O2. The van der Waals surface area contributed by atoms with Gasteiger partial charge in [0.1, 0.15) is 5.82 Å². The summed E-state index contributed by atoms with van der Waals surface area (Å²) in [6.45, 7) is 3.99. The summed E-state index contributed by atoms with van der Waals surface area (Å²) >= 11 is 0. The average molecular weight is 234 g/mol. The summed E-state index contributed by atoms with van der Waals surface area (Å²) in [6.07, 6.45) is 3.71. The number of hydrogen-bond donors (Lipinski definition) is 0. The van der Waals surface area contributed by atoms with E-state index in [2.05, 4.69) is 9.88 Å². The zero-order chi connectivity index (χ0) is 12.1. The number of esters is 1. The van der Waals surface area contributed by atoms with Crippen LogP contribution in [0.4, 0.5) is 5.82 Å². The van der Waals surface area contributed by atoms with Gasteiger partial charge in [-0.1, -0.05) is 6.07 Å². The number of carbonyl (C=O) groups excluding carboxylic acids is 1. The highest BCUT2D eigenvalue weighted by atomic mass is 16.5. The van der Waals surface area contributed by atoms with Crippen molar-refractivity contribution in [3.63, 3.8) is 0 Å². The number of piperidine rings is 1. The van der Waals surface area contributed by atoms with E-state index >= 15 is 0 Å². The second-order valence-corrected chi connectivity index (χ2v) is 4.23. The molecule has 0 radical (unpaired) electrons. The normalized spacial score (nSPS) is 20.1. The standard InChI is InChI=1S/C13H18N2O2/c1-2-17-13(16)11-6-5-9-15(10-11)12-7-3-4-8-14-12/h3-4,7-8,11H,2,5-6,9-10H2,1H3/t11-/m1/s1. The number of nitrogens with zero attached hydrogens (tertiary/aromatic N) is 2. The van der Waals surface area contributed by atoms with Gasteiger partial charge in [-0.05, 0) is 31.9 Å². The van der Waals surface area contributed by atoms with Crippen molar-refractivity contribution in [1.82, 2.24) is 4.98 Å². The molecule has 2 heterocycles. The van der Waals surface area contributed by atoms with Crippen molar-refractivity contribution >= 4 is 11.8 Å². The smallest absolute Gasteiger partial charge is 0.310 e. The predicted octanol–water partition coefficient (Wildman–Crippen LogP) is 1.86. The van der Waals surface area contributed by atoms with E-state index in [0.29, 0.717) is 6.61 Å². The van der Waals surface area contributed by atoms with Gasteiger partial charge < -0.3 is 9.64 Å². The Balaban J connectivity index is 2.00. The second kappa shape index (κ2) is 5.66. The quantitative estimate of drug-likeness (QED) is 0.749. The molecule has 1 fully saturated rings. The highest BCUT2D eigenvalue weighted by Crippen LogP contribution is 2.22. The molecule has 1 atom stereocenters. The van der Waals surface area contributed by atoms with Crippen molar-refractivity contribution in [2.75, 3.05) is 24.6 Å². The summed E-state index contributed by atoms with van der Waals surface area (Å²) < 4.78 is 5.08. The summed E-state index contributed by atoms with van der Waals surface area (Å²) in [4.78, 5) is 18.2. The van der Waals surface area contributed by atoms with Gasteiger partial charge in [-0.3, -0.25) is 4.79 Å². The second-order valence-electron chi connectivity index (χ2n) is 4.23. The Morgan fingerprint density at radius 1 is 1.59 bits per heavy atom. The third-order valence-corrected chi connectivity index (χ3v) is 3.01. The lowest BCUT2D eigenvalue weighted by Crippen LogP contribution is -2.39. The summed E-state index contributed by atoms with van der Waals surface area (Å²) in [5.41, 5.74) is 0. The first kappa shape index (κ1) is 11.9. The summed E-state index contributed by atoms with van der Waals surface area (Å²) in [7, 11) is 0. The molecule has 1 aromatic rings. The predicted molar refractivity (Wildman–Crippen MR) is 65.8 cm³/mol. The molecule has 0 spiro atoms. The van der Waals surface area contributed by atoms with Gasteiger partial charge in [0.25, 0.3) is 0 Å². The Hall–Kier alpha value is -1.58. The molecule has 0 unspecified atom stereocenters. The average Bonchev–Trinajstić information content (AvgIpc) is 2.40. The molecule has 17 heavy (non-hydrogen) atoms. The van der Waals surface area contributed by atoms with Gasteiger partial charge in [-0.25, -0.2) is 4.98 Å². The minimum absolute atomic E-state index is 0.00861. The fourth-order valence-electron chi connectivity index (χ4n) is 2.18. The molecule has 2 rings (SSSR count). The minimum atomic E-state index is -0.0758. The van der Waals surface area contributed by atoms with Crippen molar-refractivity contribution in [3.05, 3.63) is 24.4 Å². The number of pyridine rings is 1. The molecule has 1 aliphatic rings. The number of ether oxygens (including phenoxy) is 1. The molecule has 4 heteroatoms. The lowest BCUT2D eigenvalue weighted by atomic mass is 9.98. The lowest BCUT2D eigenvalue weighted by Gasteiger charge is -2.32. The van der Waals surface area contributed by atoms with Gasteiger partial charge in [0.05, 0.1) is 12.5 Å². The Morgan fingerprint density at radius 2 is 2.47 bits per heavy atom. The van der Waals surface area contributed by atoms with Crippen molar-refractivity contribution in [2.24, 2.45) is 5.92 Å². The molecule has 0 bridgehead atoms. The Kier molecular flexibility index (Phi) is 3.96. The molecule has 4 nitrogen and oxygen atoms in total. The maximum Gasteiger partial charge on any atom is 0.310 e. The van der Waals surface area contributed by atoms with E-state index in [9.17, 15) is 4.79 Å². The van der Waals surface area contributed by atoms with Crippen molar-refractivity contribution in [2.45, 2.75) is 19.8 Å². The van der Waals surface area contributed by atoms with Crippen LogP contribution in [0.5, 0.6) is 0 Å². The number of rotatable bonds is 3. The topological polar surface area (TPSA) is 42.4 Å². The molecule has 0 aromatic carbocycles. The first-order valence-corrected chi connectivity index (χ1v) is 6.14. The van der Waals surface area contributed by atoms with E-state index in [-0.39, 0.29) is 11.9 Å². The fourth-order valence-corrected chi connectivity index (χ4v) is 2.18. The fraction of sp³-hybridized carbons (Fsp3) is 0.538. The van der Waals surface area contributed by atoms with Crippen LogP contribution in [0.3, 0.4) is 0 Å². The molecule has 1 saturated heterocycles. The van der Waals surface area contributed by atoms with Crippen molar-refractivity contribution in [1.29, 1.82) is 0 Å². The summed E-state index contributed by atoms with van der Waals surface area (Å²) in [5, 5.41) is 0. The van der Waals surface area contributed by atoms with Gasteiger partial charge in [-0.15, -0.1) is 0 Å². The highest BCUT2D eigenvalue weighted by Gasteiger charge is 2.27. The van der Waals surface area contributed by atoms with Crippen LogP contribution < -0.4 is 4.90 Å². The molecule has 0 N–H and O–H groups in total. The van der Waals surface area contributed by atoms with Crippen LogP contribution in [-0.4, -0.2) is 30.6 Å². The highest BCUT2D eigenvalue weighted by molar-refractivity contribution is 5.73. The zero-order valence-corrected chi connectivity index (χ0v) is 10.1. The van der Waals surface area contributed by atoms with Gasteiger partial charge in [-0.2, -0.15) is 0 Å². The first-order chi connectivity index (χ1) is 8.31. The largest absolute Gasteiger partial charge is 0.466 e. The zero-order valence-electron chi connectivity index (χ0n) is 10.1. The van der Waals surface area contributed by atoms with Crippen LogP contribution in [0.1, 0.15) is 19.8 Å². The number of anilines is 1. The van der Waals surface area contributed by atoms with E-state index in [4.69, 9.17) is 4.74 Å². The Morgan fingerprint density at radius 3 is 3.18 bits per heavy atom. The van der Waals surface area contributed by atoms with Gasteiger partial charge >= 0.3 is 5.97 Å². The van der Waals surface area contributed by atoms with E-state index in [0.717, 1.165) is 31.7 Å². The molecule has 92 valence electrons. The monoisotopic (exact) mass is 234 g/mol. The molecule has 0 saturated carbocycles. The third kappa shape index (κ3) is 2.96. The van der Waals surface area contributed by atoms with E-state index < -0.39 is 0 Å². The van der Waals surface area contributed by atoms with Crippen LogP contribution in [0.25, 0.3) is 0 Å². The lowest BCUT2D eigenvalue weighted by molar-refractivity contribution is -0.148. The third-order valence-electron chi connectivity index (χ3n) is 3.01. The SMILES string of the molecule is CCOC(=O)[C@@H]1CCCN(c2ccccn2)C1. The summed E-state index contributed by atoms with van der Waals surface area (Å²) in [6, 6.07) is 5.85. The van der Waals surface area contributed by atoms with E-state index in [1.165, 1.54) is 0 Å². The van der Waals surface area contributed by atoms with Crippen molar-refractivity contribution < 1.29 is 9.53 Å². The first-order valence-electron chi connectivity index (χ1n) is 6.14. The van der Waals surface area contributed by atoms with Crippen LogP contribution in [-0.2, 0) is 9.53 Å². The molecule has 0 amide bonds. The molecule has 1 aromatic heterocycles.